The molecule has 2 heterocycles. The fraction of sp³-hybridized carbons (Fsp3) is 0.941. The van der Waals surface area contributed by atoms with Crippen LogP contribution in [0.3, 0.4) is 0 Å². The lowest BCUT2D eigenvalue weighted by Gasteiger charge is -2.36. The minimum Gasteiger partial charge on any atom is -0.341 e. The molecule has 2 atom stereocenters. The van der Waals surface area contributed by atoms with Gasteiger partial charge in [0.25, 0.3) is 0 Å². The van der Waals surface area contributed by atoms with E-state index in [0.717, 1.165) is 31.8 Å². The molecule has 1 N–H and O–H groups in total. The monoisotopic (exact) mass is 295 g/mol. The summed E-state index contributed by atoms with van der Waals surface area (Å²) in [6, 6.07) is 0.956. The lowest BCUT2D eigenvalue weighted by molar-refractivity contribution is -0.128. The largest absolute Gasteiger partial charge is 0.341 e. The van der Waals surface area contributed by atoms with Gasteiger partial charge in [-0.25, -0.2) is 0 Å². The Bertz CT molecular complexity index is 326. The summed E-state index contributed by atoms with van der Waals surface area (Å²) in [6.07, 6.45) is 5.67. The Kier molecular flexibility index (Phi) is 6.49. The number of hydrogen-bond donors (Lipinski definition) is 1. The molecule has 0 saturated carbocycles. The highest BCUT2D eigenvalue weighted by molar-refractivity contribution is 5.78. The molecule has 0 aromatic rings. The summed E-state index contributed by atoms with van der Waals surface area (Å²) in [5.41, 5.74) is 0. The van der Waals surface area contributed by atoms with Crippen LogP contribution in [0.25, 0.3) is 0 Å². The van der Waals surface area contributed by atoms with E-state index in [9.17, 15) is 4.79 Å². The molecule has 0 bridgehead atoms. The number of amides is 1. The molecule has 0 aromatic carbocycles. The van der Waals surface area contributed by atoms with Gasteiger partial charge in [-0.2, -0.15) is 0 Å². The second-order valence-electron chi connectivity index (χ2n) is 6.98. The van der Waals surface area contributed by atoms with Gasteiger partial charge in [-0.15, -0.1) is 0 Å². The Labute approximate surface area is 130 Å². The van der Waals surface area contributed by atoms with Gasteiger partial charge in [0.05, 0.1) is 0 Å². The van der Waals surface area contributed by atoms with Gasteiger partial charge in [0.1, 0.15) is 0 Å². The highest BCUT2D eigenvalue weighted by Gasteiger charge is 2.26. The molecule has 2 aliphatic heterocycles. The maximum atomic E-state index is 11.7. The van der Waals surface area contributed by atoms with Gasteiger partial charge in [0.2, 0.25) is 5.91 Å². The highest BCUT2D eigenvalue weighted by Crippen LogP contribution is 2.21. The molecule has 0 spiro atoms. The zero-order chi connectivity index (χ0) is 15.2. The molecule has 0 aliphatic carbocycles. The topological polar surface area (TPSA) is 35.6 Å². The summed E-state index contributed by atoms with van der Waals surface area (Å²) in [5, 5.41) is 3.73. The number of hydrogen-bond acceptors (Lipinski definition) is 3. The van der Waals surface area contributed by atoms with Crippen LogP contribution in [0.5, 0.6) is 0 Å². The van der Waals surface area contributed by atoms with Crippen molar-refractivity contribution in [3.8, 4) is 0 Å². The Morgan fingerprint density at radius 3 is 2.52 bits per heavy atom. The molecule has 2 unspecified atom stereocenters. The predicted octanol–water partition coefficient (Wildman–Crippen LogP) is 2.10. The normalized spacial score (nSPS) is 24.5. The molecule has 4 nitrogen and oxygen atoms in total. The molecule has 0 aromatic heterocycles. The fourth-order valence-electron chi connectivity index (χ4n) is 3.86. The van der Waals surface area contributed by atoms with Crippen LogP contribution in [0.15, 0.2) is 0 Å². The smallest absolute Gasteiger partial charge is 0.222 e. The van der Waals surface area contributed by atoms with Crippen molar-refractivity contribution in [3.63, 3.8) is 0 Å². The van der Waals surface area contributed by atoms with E-state index in [0.29, 0.717) is 18.0 Å². The lowest BCUT2D eigenvalue weighted by Crippen LogP contribution is -2.48. The first-order valence-electron chi connectivity index (χ1n) is 8.86. The van der Waals surface area contributed by atoms with Crippen LogP contribution in [0, 0.1) is 5.92 Å². The summed E-state index contributed by atoms with van der Waals surface area (Å²) in [4.78, 5) is 16.3. The number of carbonyl (C=O) groups excluding carboxylic acids is 1. The van der Waals surface area contributed by atoms with Crippen molar-refractivity contribution in [2.45, 2.75) is 65.0 Å². The summed E-state index contributed by atoms with van der Waals surface area (Å²) in [5.74, 6) is 1.12. The van der Waals surface area contributed by atoms with Gasteiger partial charge in [-0.1, -0.05) is 6.92 Å². The van der Waals surface area contributed by atoms with Crippen molar-refractivity contribution in [3.05, 3.63) is 0 Å². The SMILES string of the molecule is CCCN1CCC(C(C)NC(C)CN2CCCC2=O)CC1. The summed E-state index contributed by atoms with van der Waals surface area (Å²) in [6.45, 7) is 12.4. The van der Waals surface area contributed by atoms with Gasteiger partial charge < -0.3 is 15.1 Å². The van der Waals surface area contributed by atoms with E-state index in [2.05, 4.69) is 31.0 Å². The molecule has 2 rings (SSSR count). The zero-order valence-corrected chi connectivity index (χ0v) is 14.1. The van der Waals surface area contributed by atoms with Gasteiger partial charge in [-0.3, -0.25) is 4.79 Å². The summed E-state index contributed by atoms with van der Waals surface area (Å²) < 4.78 is 0. The van der Waals surface area contributed by atoms with Crippen molar-refractivity contribution >= 4 is 5.91 Å². The van der Waals surface area contributed by atoms with Crippen LogP contribution < -0.4 is 5.32 Å². The average molecular weight is 295 g/mol. The Hall–Kier alpha value is -0.610. The van der Waals surface area contributed by atoms with E-state index in [4.69, 9.17) is 0 Å². The van der Waals surface area contributed by atoms with Crippen LogP contribution in [-0.4, -0.2) is 60.5 Å². The van der Waals surface area contributed by atoms with Crippen LogP contribution in [0.4, 0.5) is 0 Å². The quantitative estimate of drug-likeness (QED) is 0.781. The number of nitrogens with zero attached hydrogens (tertiary/aromatic N) is 2. The average Bonchev–Trinajstić information content (AvgIpc) is 2.85. The van der Waals surface area contributed by atoms with Gasteiger partial charge in [0.15, 0.2) is 0 Å². The van der Waals surface area contributed by atoms with Gasteiger partial charge in [-0.05, 0) is 65.1 Å². The third-order valence-corrected chi connectivity index (χ3v) is 5.09. The molecule has 2 fully saturated rings. The number of carbonyl (C=O) groups is 1. The minimum absolute atomic E-state index is 0.337. The van der Waals surface area contributed by atoms with E-state index in [1.54, 1.807) is 0 Å². The molecule has 122 valence electrons. The molecular formula is C17H33N3O. The molecule has 1 amide bonds. The minimum atomic E-state index is 0.337. The standard InChI is InChI=1S/C17H33N3O/c1-4-9-19-11-7-16(8-12-19)15(3)18-14(2)13-20-10-5-6-17(20)21/h14-16,18H,4-13H2,1-3H3. The van der Waals surface area contributed by atoms with Crippen LogP contribution in [0.2, 0.25) is 0 Å². The second kappa shape index (κ2) is 8.14. The van der Waals surface area contributed by atoms with Crippen LogP contribution >= 0.6 is 0 Å². The van der Waals surface area contributed by atoms with Crippen molar-refractivity contribution < 1.29 is 4.79 Å². The van der Waals surface area contributed by atoms with E-state index in [1.165, 1.54) is 38.9 Å². The van der Waals surface area contributed by atoms with Crippen LogP contribution in [0.1, 0.15) is 52.9 Å². The zero-order valence-electron chi connectivity index (χ0n) is 14.1. The number of rotatable bonds is 7. The number of nitrogens with one attached hydrogen (secondary N) is 1. The molecule has 4 heteroatoms. The Morgan fingerprint density at radius 1 is 1.24 bits per heavy atom. The lowest BCUT2D eigenvalue weighted by atomic mass is 9.90. The van der Waals surface area contributed by atoms with Crippen molar-refractivity contribution in [1.29, 1.82) is 0 Å². The van der Waals surface area contributed by atoms with Gasteiger partial charge in [0, 0.05) is 31.6 Å². The summed E-state index contributed by atoms with van der Waals surface area (Å²) in [7, 11) is 0. The van der Waals surface area contributed by atoms with Crippen molar-refractivity contribution in [1.82, 2.24) is 15.1 Å². The number of piperidine rings is 1. The fourth-order valence-corrected chi connectivity index (χ4v) is 3.86. The Morgan fingerprint density at radius 2 is 1.95 bits per heavy atom. The Balaban J connectivity index is 1.69. The van der Waals surface area contributed by atoms with Crippen molar-refractivity contribution in [2.24, 2.45) is 5.92 Å². The molecule has 2 saturated heterocycles. The predicted molar refractivity (Wildman–Crippen MR) is 87.3 cm³/mol. The number of likely N-dealkylation sites (tertiary alicyclic amines) is 2. The molecule has 21 heavy (non-hydrogen) atoms. The van der Waals surface area contributed by atoms with Crippen LogP contribution in [-0.2, 0) is 4.79 Å². The van der Waals surface area contributed by atoms with E-state index in [1.807, 2.05) is 4.90 Å². The second-order valence-corrected chi connectivity index (χ2v) is 6.98. The first-order chi connectivity index (χ1) is 10.1. The molecular weight excluding hydrogens is 262 g/mol. The first-order valence-corrected chi connectivity index (χ1v) is 8.86. The first kappa shape index (κ1) is 16.8. The third kappa shape index (κ3) is 4.96. The van der Waals surface area contributed by atoms with E-state index >= 15 is 0 Å². The maximum absolute atomic E-state index is 11.7. The third-order valence-electron chi connectivity index (χ3n) is 5.09. The van der Waals surface area contributed by atoms with E-state index in [-0.39, 0.29) is 0 Å². The van der Waals surface area contributed by atoms with Crippen molar-refractivity contribution in [2.75, 3.05) is 32.7 Å². The highest BCUT2D eigenvalue weighted by atomic mass is 16.2. The maximum Gasteiger partial charge on any atom is 0.222 e. The van der Waals surface area contributed by atoms with Gasteiger partial charge >= 0.3 is 0 Å². The molecule has 0 radical (unpaired) electrons. The summed E-state index contributed by atoms with van der Waals surface area (Å²) >= 11 is 0. The van der Waals surface area contributed by atoms with E-state index < -0.39 is 0 Å². The molecule has 2 aliphatic rings.